The average Bonchev–Trinajstić information content (AvgIpc) is 3.12. The Labute approximate surface area is 145 Å². The Morgan fingerprint density at radius 2 is 1.68 bits per heavy atom. The number of allylic oxidation sites excluding steroid dienone is 1. The molecular weight excluding hydrogens is 322 g/mol. The van der Waals surface area contributed by atoms with Crippen LogP contribution in [0.1, 0.15) is 11.1 Å². The van der Waals surface area contributed by atoms with E-state index in [1.165, 1.54) is 21.3 Å². The van der Waals surface area contributed by atoms with Gasteiger partial charge in [-0.05, 0) is 41.5 Å². The number of hydrogen-bond donors (Lipinski definition) is 0. The number of fused-ring (bicyclic) bond motifs is 1. The van der Waals surface area contributed by atoms with Crippen LogP contribution in [0, 0.1) is 11.3 Å². The Balaban J connectivity index is 2.05. The molecule has 1 aliphatic rings. The molecule has 0 fully saturated rings. The number of benzene rings is 2. The molecule has 2 aromatic carbocycles. The highest BCUT2D eigenvalue weighted by Crippen LogP contribution is 2.40. The number of nitrogens with zero attached hydrogens (tertiary/aromatic N) is 1. The molecule has 6 heteroatoms. The number of ether oxygens (including phenoxy) is 5. The first-order chi connectivity index (χ1) is 12.2. The maximum absolute atomic E-state index is 9.60. The number of rotatable bonds is 5. The predicted octanol–water partition coefficient (Wildman–Crippen LogP) is 3.51. The van der Waals surface area contributed by atoms with Gasteiger partial charge in [0.25, 0.3) is 0 Å². The molecule has 0 bridgehead atoms. The van der Waals surface area contributed by atoms with Crippen molar-refractivity contribution in [2.24, 2.45) is 0 Å². The lowest BCUT2D eigenvalue weighted by atomic mass is 10.0. The van der Waals surface area contributed by atoms with Crippen molar-refractivity contribution in [2.45, 2.75) is 0 Å². The second-order valence-electron chi connectivity index (χ2n) is 5.20. The Hall–Kier alpha value is -3.33. The van der Waals surface area contributed by atoms with Crippen LogP contribution in [0.3, 0.4) is 0 Å². The summed E-state index contributed by atoms with van der Waals surface area (Å²) in [6.07, 6.45) is 1.77. The third-order valence-electron chi connectivity index (χ3n) is 3.80. The van der Waals surface area contributed by atoms with Gasteiger partial charge in [0.15, 0.2) is 23.0 Å². The number of hydrogen-bond acceptors (Lipinski definition) is 6. The van der Waals surface area contributed by atoms with Crippen molar-refractivity contribution in [1.82, 2.24) is 0 Å². The van der Waals surface area contributed by atoms with Crippen LogP contribution in [0.5, 0.6) is 28.7 Å². The van der Waals surface area contributed by atoms with Crippen LogP contribution in [-0.2, 0) is 0 Å². The van der Waals surface area contributed by atoms with Crippen LogP contribution < -0.4 is 23.7 Å². The summed E-state index contributed by atoms with van der Waals surface area (Å²) in [4.78, 5) is 0. The fourth-order valence-electron chi connectivity index (χ4n) is 2.59. The average molecular weight is 339 g/mol. The Bertz CT molecular complexity index is 842. The van der Waals surface area contributed by atoms with Gasteiger partial charge in [-0.3, -0.25) is 0 Å². The molecule has 128 valence electrons. The van der Waals surface area contributed by atoms with Gasteiger partial charge in [-0.15, -0.1) is 0 Å². The van der Waals surface area contributed by atoms with Gasteiger partial charge < -0.3 is 23.7 Å². The summed E-state index contributed by atoms with van der Waals surface area (Å²) in [6.45, 7) is 0.209. The summed E-state index contributed by atoms with van der Waals surface area (Å²) < 4.78 is 26.7. The summed E-state index contributed by atoms with van der Waals surface area (Å²) in [5, 5.41) is 9.60. The topological polar surface area (TPSA) is 69.9 Å². The van der Waals surface area contributed by atoms with E-state index in [0.717, 1.165) is 5.56 Å². The van der Waals surface area contributed by atoms with Crippen LogP contribution in [0.2, 0.25) is 0 Å². The van der Waals surface area contributed by atoms with E-state index in [-0.39, 0.29) is 6.79 Å². The molecular formula is C19H17NO5. The normalized spacial score (nSPS) is 12.5. The van der Waals surface area contributed by atoms with Gasteiger partial charge in [-0.25, -0.2) is 0 Å². The zero-order chi connectivity index (χ0) is 17.8. The fraction of sp³-hybridized carbons (Fsp3) is 0.211. The highest BCUT2D eigenvalue weighted by molar-refractivity contribution is 5.91. The predicted molar refractivity (Wildman–Crippen MR) is 92.1 cm³/mol. The molecule has 3 rings (SSSR count). The molecule has 2 aromatic rings. The van der Waals surface area contributed by atoms with Gasteiger partial charge in [0, 0.05) is 0 Å². The minimum Gasteiger partial charge on any atom is -0.493 e. The van der Waals surface area contributed by atoms with Crippen LogP contribution in [0.4, 0.5) is 0 Å². The molecule has 0 radical (unpaired) electrons. The lowest BCUT2D eigenvalue weighted by molar-refractivity contribution is 0.174. The Morgan fingerprint density at radius 3 is 2.28 bits per heavy atom. The standard InChI is InChI=1S/C19H17NO5/c1-21-17-8-13(9-18(22-2)19(17)23-3)14(10-20)6-12-4-5-15-16(7-12)25-11-24-15/h4-9H,11H2,1-3H3. The van der Waals surface area contributed by atoms with E-state index in [9.17, 15) is 5.26 Å². The molecule has 25 heavy (non-hydrogen) atoms. The van der Waals surface area contributed by atoms with Gasteiger partial charge in [-0.1, -0.05) is 6.07 Å². The van der Waals surface area contributed by atoms with Crippen LogP contribution in [-0.4, -0.2) is 28.1 Å². The van der Waals surface area contributed by atoms with Crippen LogP contribution in [0.15, 0.2) is 30.3 Å². The van der Waals surface area contributed by atoms with Gasteiger partial charge in [0.05, 0.1) is 33.0 Å². The van der Waals surface area contributed by atoms with Crippen LogP contribution in [0.25, 0.3) is 11.6 Å². The molecule has 0 aliphatic carbocycles. The molecule has 0 N–H and O–H groups in total. The minimum absolute atomic E-state index is 0.209. The molecule has 0 atom stereocenters. The van der Waals surface area contributed by atoms with Crippen molar-refractivity contribution in [2.75, 3.05) is 28.1 Å². The molecule has 1 aliphatic heterocycles. The van der Waals surface area contributed by atoms with Gasteiger partial charge in [0.2, 0.25) is 12.5 Å². The van der Waals surface area contributed by atoms with Crippen LogP contribution >= 0.6 is 0 Å². The van der Waals surface area contributed by atoms with Crippen molar-refractivity contribution in [1.29, 1.82) is 5.26 Å². The maximum Gasteiger partial charge on any atom is 0.231 e. The van der Waals surface area contributed by atoms with E-state index >= 15 is 0 Å². The third-order valence-corrected chi connectivity index (χ3v) is 3.80. The minimum atomic E-state index is 0.209. The van der Waals surface area contributed by atoms with E-state index < -0.39 is 0 Å². The van der Waals surface area contributed by atoms with Crippen molar-refractivity contribution < 1.29 is 23.7 Å². The zero-order valence-corrected chi connectivity index (χ0v) is 14.2. The van der Waals surface area contributed by atoms with E-state index in [2.05, 4.69) is 6.07 Å². The van der Waals surface area contributed by atoms with Crippen molar-refractivity contribution >= 4 is 11.6 Å². The van der Waals surface area contributed by atoms with Crippen molar-refractivity contribution in [3.8, 4) is 34.8 Å². The van der Waals surface area contributed by atoms with Gasteiger partial charge in [-0.2, -0.15) is 5.26 Å². The summed E-state index contributed by atoms with van der Waals surface area (Å²) in [5.74, 6) is 2.82. The van der Waals surface area contributed by atoms with Gasteiger partial charge >= 0.3 is 0 Å². The molecule has 0 unspecified atom stereocenters. The summed E-state index contributed by atoms with van der Waals surface area (Å²) in [5.41, 5.74) is 1.95. The summed E-state index contributed by atoms with van der Waals surface area (Å²) >= 11 is 0. The van der Waals surface area contributed by atoms with E-state index in [4.69, 9.17) is 23.7 Å². The lowest BCUT2D eigenvalue weighted by Crippen LogP contribution is -1.96. The highest BCUT2D eigenvalue weighted by Gasteiger charge is 2.16. The summed E-state index contributed by atoms with van der Waals surface area (Å²) in [6, 6.07) is 11.2. The first-order valence-corrected chi connectivity index (χ1v) is 7.52. The molecule has 0 saturated carbocycles. The van der Waals surface area contributed by atoms with E-state index in [0.29, 0.717) is 39.9 Å². The summed E-state index contributed by atoms with van der Waals surface area (Å²) in [7, 11) is 4.61. The second kappa shape index (κ2) is 7.05. The molecule has 0 aromatic heterocycles. The molecule has 1 heterocycles. The quantitative estimate of drug-likeness (QED) is 0.613. The fourth-order valence-corrected chi connectivity index (χ4v) is 2.59. The monoisotopic (exact) mass is 339 g/mol. The van der Waals surface area contributed by atoms with Crippen molar-refractivity contribution in [3.63, 3.8) is 0 Å². The number of nitriles is 1. The van der Waals surface area contributed by atoms with Crippen molar-refractivity contribution in [3.05, 3.63) is 41.5 Å². The van der Waals surface area contributed by atoms with E-state index in [1.54, 1.807) is 18.2 Å². The Morgan fingerprint density at radius 1 is 1.00 bits per heavy atom. The highest BCUT2D eigenvalue weighted by atomic mass is 16.7. The molecule has 6 nitrogen and oxygen atoms in total. The second-order valence-corrected chi connectivity index (χ2v) is 5.20. The Kier molecular flexibility index (Phi) is 4.66. The molecule has 0 amide bonds. The smallest absolute Gasteiger partial charge is 0.231 e. The number of methoxy groups -OCH3 is 3. The molecule has 0 spiro atoms. The third kappa shape index (κ3) is 3.17. The first kappa shape index (κ1) is 16.5. The lowest BCUT2D eigenvalue weighted by Gasteiger charge is -2.13. The SMILES string of the molecule is COc1cc(C(C#N)=Cc2ccc3c(c2)OCO3)cc(OC)c1OC. The first-order valence-electron chi connectivity index (χ1n) is 7.52. The largest absolute Gasteiger partial charge is 0.493 e. The maximum atomic E-state index is 9.60. The zero-order valence-electron chi connectivity index (χ0n) is 14.2. The van der Waals surface area contributed by atoms with Gasteiger partial charge in [0.1, 0.15) is 0 Å². The van der Waals surface area contributed by atoms with E-state index in [1.807, 2.05) is 18.2 Å². The molecule has 0 saturated heterocycles.